The minimum Gasteiger partial charge on any atom is -0.458 e. The second-order valence-corrected chi connectivity index (χ2v) is 18.3. The number of ether oxygens (including phenoxy) is 6. The van der Waals surface area contributed by atoms with Crippen molar-refractivity contribution in [2.45, 2.75) is 141 Å². The number of aliphatic hydroxyl groups excluding tert-OH is 1. The lowest BCUT2D eigenvalue weighted by Gasteiger charge is -2.48. The molecule has 0 saturated carbocycles. The van der Waals surface area contributed by atoms with E-state index in [0.29, 0.717) is 43.8 Å². The average molecular weight is 836 g/mol. The predicted molar refractivity (Wildman–Crippen MR) is 224 cm³/mol. The van der Waals surface area contributed by atoms with Crippen LogP contribution >= 0.6 is 0 Å². The molecule has 15 nitrogen and oxygen atoms in total. The molecule has 2 aromatic rings. The number of amides is 1. The van der Waals surface area contributed by atoms with E-state index in [-0.39, 0.29) is 43.8 Å². The largest absolute Gasteiger partial charge is 0.458 e. The normalized spacial score (nSPS) is 39.9. The van der Waals surface area contributed by atoms with Crippen molar-refractivity contribution in [3.63, 3.8) is 0 Å². The Labute approximate surface area is 354 Å². The molecule has 4 fully saturated rings. The second kappa shape index (κ2) is 17.9. The molecule has 5 aliphatic heterocycles. The van der Waals surface area contributed by atoms with Crippen LogP contribution in [0.3, 0.4) is 0 Å². The van der Waals surface area contributed by atoms with Gasteiger partial charge in [-0.3, -0.25) is 14.7 Å². The van der Waals surface area contributed by atoms with Crippen LogP contribution in [0.5, 0.6) is 0 Å². The van der Waals surface area contributed by atoms with Crippen molar-refractivity contribution < 1.29 is 48.0 Å². The molecule has 0 unspecified atom stereocenters. The number of oxime groups is 1. The van der Waals surface area contributed by atoms with E-state index in [2.05, 4.69) is 19.0 Å². The fourth-order valence-corrected chi connectivity index (χ4v) is 10.6. The minimum atomic E-state index is -1.14. The molecule has 1 N–H and O–H groups in total. The first-order valence-electron chi connectivity index (χ1n) is 21.7. The quantitative estimate of drug-likeness (QED) is 0.280. The third-order valence-corrected chi connectivity index (χ3v) is 13.6. The van der Waals surface area contributed by atoms with Gasteiger partial charge >= 0.3 is 12.1 Å². The van der Waals surface area contributed by atoms with Gasteiger partial charge in [-0.25, -0.2) is 9.78 Å². The lowest BCUT2D eigenvalue weighted by molar-refractivity contribution is -0.302. The van der Waals surface area contributed by atoms with Crippen LogP contribution in [0.1, 0.15) is 80.3 Å². The van der Waals surface area contributed by atoms with E-state index in [1.807, 2.05) is 90.0 Å². The molecule has 14 atom stereocenters. The molecule has 5 aliphatic rings. The van der Waals surface area contributed by atoms with Gasteiger partial charge in [0, 0.05) is 35.5 Å². The number of aliphatic imine (C=N–C) groups is 1. The van der Waals surface area contributed by atoms with Crippen LogP contribution in [-0.2, 0) is 44.7 Å². The highest BCUT2D eigenvalue weighted by atomic mass is 16.7. The first-order valence-corrected chi connectivity index (χ1v) is 21.7. The number of esters is 1. The highest BCUT2D eigenvalue weighted by Gasteiger charge is 2.60. The minimum absolute atomic E-state index is 0.00820. The number of likely N-dealkylation sites (N-methyl/N-ethyl adjacent to an activating group) is 1. The van der Waals surface area contributed by atoms with Gasteiger partial charge in [0.25, 0.3) is 0 Å². The number of benzene rings is 1. The number of hydrogen-bond donors (Lipinski definition) is 1. The molecule has 0 spiro atoms. The van der Waals surface area contributed by atoms with Gasteiger partial charge in [0.2, 0.25) is 0 Å². The number of rotatable bonds is 7. The number of carbonyl (C=O) groups is 2. The lowest BCUT2D eigenvalue weighted by atomic mass is 9.72. The van der Waals surface area contributed by atoms with Crippen molar-refractivity contribution in [1.29, 1.82) is 0 Å². The van der Waals surface area contributed by atoms with Crippen molar-refractivity contribution in [2.75, 3.05) is 40.4 Å². The summed E-state index contributed by atoms with van der Waals surface area (Å²) in [7, 11) is 3.88. The second-order valence-electron chi connectivity index (χ2n) is 18.3. The Morgan fingerprint density at radius 1 is 1.03 bits per heavy atom. The van der Waals surface area contributed by atoms with Gasteiger partial charge in [-0.2, -0.15) is 0 Å². The molecule has 4 bridgehead atoms. The van der Waals surface area contributed by atoms with E-state index < -0.39 is 71.8 Å². The van der Waals surface area contributed by atoms with E-state index in [4.69, 9.17) is 43.2 Å². The Hall–Kier alpha value is -3.73. The molecule has 4 saturated heterocycles. The number of aromatic nitrogens is 1. The lowest BCUT2D eigenvalue weighted by Crippen LogP contribution is -2.60. The smallest absolute Gasteiger partial charge is 0.410 e. The van der Waals surface area contributed by atoms with Gasteiger partial charge in [-0.05, 0) is 79.1 Å². The summed E-state index contributed by atoms with van der Waals surface area (Å²) in [6.07, 6.45) is -3.45. The van der Waals surface area contributed by atoms with Crippen molar-refractivity contribution in [3.05, 3.63) is 42.1 Å². The summed E-state index contributed by atoms with van der Waals surface area (Å²) in [4.78, 5) is 47.7. The number of cyclic esters (lactones) is 1. The number of fused-ring (bicyclic) bond motifs is 5. The van der Waals surface area contributed by atoms with E-state index >= 15 is 0 Å². The predicted octanol–water partition coefficient (Wildman–Crippen LogP) is 5.40. The summed E-state index contributed by atoms with van der Waals surface area (Å²) in [5.41, 5.74) is 0.732. The van der Waals surface area contributed by atoms with Crippen molar-refractivity contribution in [3.8, 4) is 0 Å². The molecule has 60 heavy (non-hydrogen) atoms. The fraction of sp³-hybridized carbons (Fsp3) is 0.711. The van der Waals surface area contributed by atoms with Crippen LogP contribution in [0, 0.1) is 23.7 Å². The highest BCUT2D eigenvalue weighted by molar-refractivity contribution is 5.91. The average Bonchev–Trinajstić information content (AvgIpc) is 3.36. The monoisotopic (exact) mass is 835 g/mol. The number of hydrogen-bond acceptors (Lipinski definition) is 14. The summed E-state index contributed by atoms with van der Waals surface area (Å²) < 4.78 is 39.9. The first kappa shape index (κ1) is 44.3. The molecule has 7 rings (SSSR count). The maximum atomic E-state index is 14.6. The van der Waals surface area contributed by atoms with E-state index in [1.165, 1.54) is 0 Å². The molecular formula is C45H65N5O10. The van der Waals surface area contributed by atoms with E-state index in [0.717, 1.165) is 16.6 Å². The molecule has 6 heterocycles. The van der Waals surface area contributed by atoms with Gasteiger partial charge in [0.15, 0.2) is 18.5 Å². The van der Waals surface area contributed by atoms with Gasteiger partial charge < -0.3 is 43.3 Å². The molecule has 0 aliphatic carbocycles. The fourth-order valence-electron chi connectivity index (χ4n) is 10.6. The van der Waals surface area contributed by atoms with Crippen molar-refractivity contribution >= 4 is 34.4 Å². The molecular weight excluding hydrogens is 771 g/mol. The van der Waals surface area contributed by atoms with Crippen LogP contribution in [0.4, 0.5) is 4.79 Å². The van der Waals surface area contributed by atoms with Crippen LogP contribution < -0.4 is 0 Å². The Kier molecular flexibility index (Phi) is 13.3. The zero-order valence-corrected chi connectivity index (χ0v) is 36.9. The maximum Gasteiger partial charge on any atom is 0.410 e. The van der Waals surface area contributed by atoms with Crippen LogP contribution in [-0.4, -0.2) is 144 Å². The number of para-hydroxylation sites is 1. The Morgan fingerprint density at radius 2 is 1.80 bits per heavy atom. The molecule has 1 aromatic heterocycles. The summed E-state index contributed by atoms with van der Waals surface area (Å²) in [6.45, 7) is 16.7. The third-order valence-electron chi connectivity index (χ3n) is 13.6. The summed E-state index contributed by atoms with van der Waals surface area (Å²) >= 11 is 0. The molecule has 15 heteroatoms. The number of carbonyl (C=O) groups excluding carboxylic acids is 2. The summed E-state index contributed by atoms with van der Waals surface area (Å²) in [5.74, 6) is -2.26. The van der Waals surface area contributed by atoms with Crippen LogP contribution in [0.15, 0.2) is 46.5 Å². The number of nitrogens with zero attached hydrogens (tertiary/aromatic N) is 5. The van der Waals surface area contributed by atoms with Gasteiger partial charge in [0.05, 0.1) is 66.8 Å². The van der Waals surface area contributed by atoms with Crippen molar-refractivity contribution in [2.24, 2.45) is 33.8 Å². The van der Waals surface area contributed by atoms with Gasteiger partial charge in [-0.15, -0.1) is 0 Å². The van der Waals surface area contributed by atoms with Gasteiger partial charge in [-0.1, -0.05) is 57.1 Å². The Bertz CT molecular complexity index is 1930. The first-order chi connectivity index (χ1) is 28.5. The summed E-state index contributed by atoms with van der Waals surface area (Å²) in [5, 5.41) is 17.4. The number of pyridine rings is 1. The Balaban J connectivity index is 1.30. The SMILES string of the molecule is CC[C@H]1OC(=O)[C@H](C)[C@H]2OC/C(=N\OCc3ccc4ccccc4n3)CO[C@](C)(C[C@@H](C)C3=NCCN4C(=O)O[C@@]1(C)[C@H]4[C@H]3C)[C@H](O[C@H]1O[C@@H](C)C[C@@H](N(C)C)[C@@H]1O)[C@H]2C. The van der Waals surface area contributed by atoms with Crippen LogP contribution in [0.2, 0.25) is 0 Å². The third kappa shape index (κ3) is 8.67. The van der Waals surface area contributed by atoms with Crippen LogP contribution in [0.25, 0.3) is 10.9 Å². The standard InChI is InChI=1S/C45H65N5O10/c1-11-35-45(8)39-27(4)36(46-18-19-50(39)43(53)60-45)25(2)21-44(7)40(59-42-37(51)34(49(9)10)20-26(3)57-42)28(5)38(29(6)41(52)58-35)54-22-32(23-55-44)48-56-24-31-17-16-30-14-12-13-15-33(30)47-31/h12-17,25-29,34-35,37-40,42,51H,11,18-24H2,1-10H3/b48-32+/t25-,26+,27+,28+,29-,34-,35-,37+,38+,39-,40-,42-,44-,45-/m1/s1. The maximum absolute atomic E-state index is 14.6. The van der Waals surface area contributed by atoms with Gasteiger partial charge in [0.1, 0.15) is 17.9 Å². The molecule has 1 aromatic carbocycles. The zero-order chi connectivity index (χ0) is 43.1. The van der Waals surface area contributed by atoms with Crippen molar-refractivity contribution in [1.82, 2.24) is 14.8 Å². The number of aliphatic hydroxyl groups is 1. The Morgan fingerprint density at radius 3 is 2.55 bits per heavy atom. The summed E-state index contributed by atoms with van der Waals surface area (Å²) in [6, 6.07) is 11.1. The highest BCUT2D eigenvalue weighted by Crippen LogP contribution is 2.45. The molecule has 0 radical (unpaired) electrons. The molecule has 1 amide bonds. The zero-order valence-electron chi connectivity index (χ0n) is 36.9. The molecule has 330 valence electrons. The topological polar surface area (TPSA) is 163 Å². The van der Waals surface area contributed by atoms with E-state index in [9.17, 15) is 14.7 Å². The van der Waals surface area contributed by atoms with E-state index in [1.54, 1.807) is 11.8 Å².